The maximum atomic E-state index is 12.7. The van der Waals surface area contributed by atoms with Crippen molar-refractivity contribution in [2.75, 3.05) is 26.2 Å². The predicted octanol–water partition coefficient (Wildman–Crippen LogP) is 1.79. The van der Waals surface area contributed by atoms with Crippen molar-refractivity contribution in [2.45, 2.75) is 63.9 Å². The number of likely N-dealkylation sites (tertiary alicyclic amines) is 2. The van der Waals surface area contributed by atoms with Crippen molar-refractivity contribution in [3.63, 3.8) is 0 Å². The lowest BCUT2D eigenvalue weighted by molar-refractivity contribution is -0.144. The Kier molecular flexibility index (Phi) is 5.57. The minimum atomic E-state index is -0.255. The van der Waals surface area contributed by atoms with Gasteiger partial charge < -0.3 is 14.9 Å². The second-order valence-corrected chi connectivity index (χ2v) is 7.59. The monoisotopic (exact) mass is 322 g/mol. The number of hydrogen-bond acceptors (Lipinski definition) is 3. The van der Waals surface area contributed by atoms with Crippen LogP contribution in [0.25, 0.3) is 0 Å². The van der Waals surface area contributed by atoms with E-state index in [1.165, 1.54) is 32.1 Å². The van der Waals surface area contributed by atoms with Crippen LogP contribution in [0.2, 0.25) is 0 Å². The van der Waals surface area contributed by atoms with Gasteiger partial charge in [-0.25, -0.2) is 0 Å². The summed E-state index contributed by atoms with van der Waals surface area (Å²) < 4.78 is 0. The molecule has 0 aromatic heterocycles. The lowest BCUT2D eigenvalue weighted by Gasteiger charge is -2.38. The molecule has 0 radical (unpaired) electrons. The number of amides is 2. The third kappa shape index (κ3) is 4.25. The summed E-state index contributed by atoms with van der Waals surface area (Å²) in [4.78, 5) is 28.8. The second-order valence-electron chi connectivity index (χ2n) is 7.59. The summed E-state index contributed by atoms with van der Waals surface area (Å²) in [6.07, 6.45) is 8.67. The van der Waals surface area contributed by atoms with Gasteiger partial charge >= 0.3 is 0 Å². The largest absolute Gasteiger partial charge is 0.393 e. The van der Waals surface area contributed by atoms with Crippen LogP contribution in [-0.2, 0) is 9.59 Å². The molecular weight excluding hydrogens is 292 g/mol. The van der Waals surface area contributed by atoms with Crippen molar-refractivity contribution in [1.29, 1.82) is 0 Å². The van der Waals surface area contributed by atoms with Crippen LogP contribution in [0.15, 0.2) is 0 Å². The molecule has 0 bridgehead atoms. The minimum absolute atomic E-state index is 0.0356. The fourth-order valence-electron chi connectivity index (χ4n) is 4.32. The number of aliphatic hydroxyl groups excluding tert-OH is 1. The van der Waals surface area contributed by atoms with E-state index in [4.69, 9.17) is 0 Å². The summed E-state index contributed by atoms with van der Waals surface area (Å²) in [5.41, 5.74) is 0. The molecule has 5 nitrogen and oxygen atoms in total. The van der Waals surface area contributed by atoms with Crippen molar-refractivity contribution in [2.24, 2.45) is 11.8 Å². The minimum Gasteiger partial charge on any atom is -0.393 e. The van der Waals surface area contributed by atoms with Crippen LogP contribution in [0.4, 0.5) is 0 Å². The molecule has 2 heterocycles. The van der Waals surface area contributed by atoms with Gasteiger partial charge in [0.15, 0.2) is 0 Å². The van der Waals surface area contributed by atoms with Crippen LogP contribution >= 0.6 is 0 Å². The molecule has 3 fully saturated rings. The van der Waals surface area contributed by atoms with E-state index in [1.807, 2.05) is 9.80 Å². The third-order valence-corrected chi connectivity index (χ3v) is 5.83. The first-order valence-electron chi connectivity index (χ1n) is 9.38. The third-order valence-electron chi connectivity index (χ3n) is 5.83. The van der Waals surface area contributed by atoms with E-state index in [9.17, 15) is 14.7 Å². The average Bonchev–Trinajstić information content (AvgIpc) is 2.58. The van der Waals surface area contributed by atoms with Crippen molar-refractivity contribution in [3.8, 4) is 0 Å². The SMILES string of the molecule is O=C1CC[C@H](C(=O)N2CCC(O)CC2)CN1CC1CCCCC1. The summed E-state index contributed by atoms with van der Waals surface area (Å²) >= 11 is 0. The number of piperidine rings is 2. The number of carbonyl (C=O) groups is 2. The summed E-state index contributed by atoms with van der Waals surface area (Å²) in [5, 5.41) is 9.59. The van der Waals surface area contributed by atoms with Gasteiger partial charge in [0.05, 0.1) is 12.0 Å². The number of carbonyl (C=O) groups excluding carboxylic acids is 2. The zero-order valence-corrected chi connectivity index (χ0v) is 14.1. The predicted molar refractivity (Wildman–Crippen MR) is 87.7 cm³/mol. The van der Waals surface area contributed by atoms with Gasteiger partial charge in [-0.1, -0.05) is 19.3 Å². The number of rotatable bonds is 3. The van der Waals surface area contributed by atoms with Crippen LogP contribution in [-0.4, -0.2) is 59.0 Å². The van der Waals surface area contributed by atoms with Gasteiger partial charge in [-0.15, -0.1) is 0 Å². The van der Waals surface area contributed by atoms with E-state index in [2.05, 4.69) is 0 Å². The first-order chi connectivity index (χ1) is 11.1. The van der Waals surface area contributed by atoms with E-state index in [0.29, 0.717) is 51.2 Å². The quantitative estimate of drug-likeness (QED) is 0.862. The molecule has 3 aliphatic rings. The molecule has 3 rings (SSSR count). The fraction of sp³-hybridized carbons (Fsp3) is 0.889. The molecule has 23 heavy (non-hydrogen) atoms. The summed E-state index contributed by atoms with van der Waals surface area (Å²) in [6.45, 7) is 2.77. The van der Waals surface area contributed by atoms with Crippen molar-refractivity contribution in [3.05, 3.63) is 0 Å². The van der Waals surface area contributed by atoms with Crippen LogP contribution < -0.4 is 0 Å². The molecule has 130 valence electrons. The summed E-state index contributed by atoms with van der Waals surface area (Å²) in [7, 11) is 0. The van der Waals surface area contributed by atoms with Crippen molar-refractivity contribution < 1.29 is 14.7 Å². The highest BCUT2D eigenvalue weighted by Crippen LogP contribution is 2.28. The molecule has 1 N–H and O–H groups in total. The topological polar surface area (TPSA) is 60.9 Å². The molecule has 1 saturated carbocycles. The maximum absolute atomic E-state index is 12.7. The molecular formula is C18H30N2O3. The normalized spacial score (nSPS) is 28.2. The fourth-order valence-corrected chi connectivity index (χ4v) is 4.32. The van der Waals surface area contributed by atoms with Gasteiger partial charge in [0.25, 0.3) is 0 Å². The molecule has 0 aromatic carbocycles. The standard InChI is InChI=1S/C18H30N2O3/c21-16-8-10-19(11-9-16)18(23)15-6-7-17(22)20(13-15)12-14-4-2-1-3-5-14/h14-16,21H,1-13H2/t15-/m0/s1. The van der Waals surface area contributed by atoms with E-state index >= 15 is 0 Å². The zero-order chi connectivity index (χ0) is 16.2. The Morgan fingerprint density at radius 1 is 1.04 bits per heavy atom. The summed E-state index contributed by atoms with van der Waals surface area (Å²) in [6, 6.07) is 0. The van der Waals surface area contributed by atoms with Gasteiger partial charge in [0, 0.05) is 32.6 Å². The van der Waals surface area contributed by atoms with E-state index in [0.717, 1.165) is 6.54 Å². The second kappa shape index (κ2) is 7.65. The molecule has 2 saturated heterocycles. The van der Waals surface area contributed by atoms with Gasteiger partial charge in [0.2, 0.25) is 11.8 Å². The molecule has 1 atom stereocenters. The number of nitrogens with zero attached hydrogens (tertiary/aromatic N) is 2. The smallest absolute Gasteiger partial charge is 0.227 e. The Morgan fingerprint density at radius 2 is 1.74 bits per heavy atom. The molecule has 2 aliphatic heterocycles. The number of hydrogen-bond donors (Lipinski definition) is 1. The molecule has 0 unspecified atom stereocenters. The lowest BCUT2D eigenvalue weighted by Crippen LogP contribution is -2.50. The van der Waals surface area contributed by atoms with Crippen LogP contribution in [0, 0.1) is 11.8 Å². The van der Waals surface area contributed by atoms with Crippen LogP contribution in [0.3, 0.4) is 0 Å². The molecule has 0 aromatic rings. The zero-order valence-electron chi connectivity index (χ0n) is 14.1. The van der Waals surface area contributed by atoms with Gasteiger partial charge in [-0.05, 0) is 38.0 Å². The van der Waals surface area contributed by atoms with Crippen LogP contribution in [0.5, 0.6) is 0 Å². The van der Waals surface area contributed by atoms with Gasteiger partial charge in [-0.2, -0.15) is 0 Å². The average molecular weight is 322 g/mol. The highest BCUT2D eigenvalue weighted by atomic mass is 16.3. The molecule has 2 amide bonds. The van der Waals surface area contributed by atoms with E-state index in [-0.39, 0.29) is 23.8 Å². The van der Waals surface area contributed by atoms with E-state index < -0.39 is 0 Å². The van der Waals surface area contributed by atoms with Crippen molar-refractivity contribution >= 4 is 11.8 Å². The Hall–Kier alpha value is -1.10. The van der Waals surface area contributed by atoms with Crippen LogP contribution in [0.1, 0.15) is 57.8 Å². The summed E-state index contributed by atoms with van der Waals surface area (Å²) in [5.74, 6) is 1.02. The highest BCUT2D eigenvalue weighted by molar-refractivity contribution is 5.84. The van der Waals surface area contributed by atoms with Crippen molar-refractivity contribution in [1.82, 2.24) is 9.80 Å². The van der Waals surface area contributed by atoms with Gasteiger partial charge in [-0.3, -0.25) is 9.59 Å². The highest BCUT2D eigenvalue weighted by Gasteiger charge is 2.34. The van der Waals surface area contributed by atoms with Gasteiger partial charge in [0.1, 0.15) is 0 Å². The molecule has 1 aliphatic carbocycles. The first-order valence-corrected chi connectivity index (χ1v) is 9.38. The Morgan fingerprint density at radius 3 is 2.43 bits per heavy atom. The van der Waals surface area contributed by atoms with E-state index in [1.54, 1.807) is 0 Å². The number of aliphatic hydroxyl groups is 1. The first kappa shape index (κ1) is 16.7. The Labute approximate surface area is 139 Å². The molecule has 5 heteroatoms. The Balaban J connectivity index is 1.54. The Bertz CT molecular complexity index is 426. The lowest BCUT2D eigenvalue weighted by atomic mass is 9.87. The maximum Gasteiger partial charge on any atom is 0.227 e. The molecule has 0 spiro atoms.